The van der Waals surface area contributed by atoms with E-state index in [0.717, 1.165) is 38.4 Å². The van der Waals surface area contributed by atoms with Crippen molar-refractivity contribution in [3.8, 4) is 0 Å². The van der Waals surface area contributed by atoms with Gasteiger partial charge in [0.2, 0.25) is 6.39 Å². The Morgan fingerprint density at radius 2 is 2.56 bits per heavy atom. The van der Waals surface area contributed by atoms with E-state index >= 15 is 0 Å². The summed E-state index contributed by atoms with van der Waals surface area (Å²) < 4.78 is 4.72. The number of nitrogens with one attached hydrogen (secondary N) is 1. The van der Waals surface area contributed by atoms with Crippen LogP contribution in [0.25, 0.3) is 0 Å². The van der Waals surface area contributed by atoms with E-state index in [-0.39, 0.29) is 0 Å². The summed E-state index contributed by atoms with van der Waals surface area (Å²) in [6, 6.07) is 0.656. The van der Waals surface area contributed by atoms with Crippen LogP contribution in [-0.2, 0) is 6.42 Å². The molecule has 5 nitrogen and oxygen atoms in total. The molecule has 0 radical (unpaired) electrons. The first-order valence-electron chi connectivity index (χ1n) is 6.09. The molecule has 0 spiro atoms. The number of hydrogen-bond acceptors (Lipinski definition) is 5. The zero-order chi connectivity index (χ0) is 11.2. The van der Waals surface area contributed by atoms with Gasteiger partial charge in [-0.05, 0) is 6.42 Å². The van der Waals surface area contributed by atoms with E-state index in [4.69, 9.17) is 4.52 Å². The molecular formula is C11H20N4O. The van der Waals surface area contributed by atoms with Crippen molar-refractivity contribution < 1.29 is 4.52 Å². The predicted octanol–water partition coefficient (Wildman–Crippen LogP) is 0.686. The van der Waals surface area contributed by atoms with Crippen molar-refractivity contribution in [2.75, 3.05) is 26.2 Å². The second kappa shape index (κ2) is 5.96. The molecule has 0 aromatic carbocycles. The van der Waals surface area contributed by atoms with Crippen LogP contribution in [0, 0.1) is 0 Å². The largest absolute Gasteiger partial charge is 0.343 e. The quantitative estimate of drug-likeness (QED) is 0.797. The van der Waals surface area contributed by atoms with Gasteiger partial charge in [-0.3, -0.25) is 0 Å². The Labute approximate surface area is 96.2 Å². The van der Waals surface area contributed by atoms with Gasteiger partial charge >= 0.3 is 0 Å². The standard InChI is InChI=1S/C11H20N4O/c1-2-3-10-8-15(7-5-12-10)6-4-11-13-9-16-14-11/h9-10,12H,2-8H2,1H3. The van der Waals surface area contributed by atoms with Crippen molar-refractivity contribution in [1.82, 2.24) is 20.4 Å². The molecule has 0 saturated carbocycles. The van der Waals surface area contributed by atoms with Gasteiger partial charge in [-0.2, -0.15) is 4.98 Å². The average molecular weight is 224 g/mol. The van der Waals surface area contributed by atoms with Crippen LogP contribution < -0.4 is 5.32 Å². The lowest BCUT2D eigenvalue weighted by Crippen LogP contribution is -2.50. The van der Waals surface area contributed by atoms with Gasteiger partial charge in [-0.15, -0.1) is 0 Å². The lowest BCUT2D eigenvalue weighted by Gasteiger charge is -2.33. The summed E-state index contributed by atoms with van der Waals surface area (Å²) >= 11 is 0. The van der Waals surface area contributed by atoms with Crippen molar-refractivity contribution in [3.05, 3.63) is 12.2 Å². The molecule has 5 heteroatoms. The highest BCUT2D eigenvalue weighted by Gasteiger charge is 2.18. The lowest BCUT2D eigenvalue weighted by molar-refractivity contribution is 0.194. The summed E-state index contributed by atoms with van der Waals surface area (Å²) in [5.41, 5.74) is 0. The van der Waals surface area contributed by atoms with Crippen LogP contribution in [0.15, 0.2) is 10.9 Å². The molecule has 1 aliphatic rings. The summed E-state index contributed by atoms with van der Waals surface area (Å²) in [4.78, 5) is 6.52. The molecule has 2 heterocycles. The molecule has 1 aromatic rings. The van der Waals surface area contributed by atoms with Crippen LogP contribution in [0.4, 0.5) is 0 Å². The normalized spacial score (nSPS) is 22.4. The molecule has 1 unspecified atom stereocenters. The highest BCUT2D eigenvalue weighted by atomic mass is 16.5. The van der Waals surface area contributed by atoms with Crippen LogP contribution in [0.3, 0.4) is 0 Å². The van der Waals surface area contributed by atoms with Gasteiger partial charge in [0.25, 0.3) is 0 Å². The second-order valence-corrected chi connectivity index (χ2v) is 4.34. The minimum Gasteiger partial charge on any atom is -0.343 e. The Kier molecular flexibility index (Phi) is 4.30. The van der Waals surface area contributed by atoms with E-state index in [2.05, 4.69) is 27.3 Å². The summed E-state index contributed by atoms with van der Waals surface area (Å²) in [7, 11) is 0. The van der Waals surface area contributed by atoms with E-state index in [1.807, 2.05) is 0 Å². The summed E-state index contributed by atoms with van der Waals surface area (Å²) in [5, 5.41) is 7.38. The fourth-order valence-electron chi connectivity index (χ4n) is 2.20. The van der Waals surface area contributed by atoms with E-state index in [1.54, 1.807) is 0 Å². The van der Waals surface area contributed by atoms with Crippen LogP contribution in [-0.4, -0.2) is 47.3 Å². The Morgan fingerprint density at radius 3 is 3.31 bits per heavy atom. The lowest BCUT2D eigenvalue weighted by atomic mass is 10.1. The number of hydrogen-bond donors (Lipinski definition) is 1. The van der Waals surface area contributed by atoms with Gasteiger partial charge in [-0.1, -0.05) is 18.5 Å². The monoisotopic (exact) mass is 224 g/mol. The minimum atomic E-state index is 0.656. The zero-order valence-corrected chi connectivity index (χ0v) is 9.85. The van der Waals surface area contributed by atoms with E-state index < -0.39 is 0 Å². The van der Waals surface area contributed by atoms with Crippen LogP contribution in [0.5, 0.6) is 0 Å². The van der Waals surface area contributed by atoms with Crippen LogP contribution in [0.1, 0.15) is 25.6 Å². The number of piperazine rings is 1. The minimum absolute atomic E-state index is 0.656. The van der Waals surface area contributed by atoms with Gasteiger partial charge in [0, 0.05) is 38.6 Å². The molecule has 1 aliphatic heterocycles. The molecule has 1 atom stereocenters. The Hall–Kier alpha value is -0.940. The highest BCUT2D eigenvalue weighted by molar-refractivity contribution is 4.83. The van der Waals surface area contributed by atoms with E-state index in [9.17, 15) is 0 Å². The zero-order valence-electron chi connectivity index (χ0n) is 9.85. The number of rotatable bonds is 5. The van der Waals surface area contributed by atoms with Gasteiger partial charge < -0.3 is 14.7 Å². The molecule has 1 N–H and O–H groups in total. The third-order valence-corrected chi connectivity index (χ3v) is 3.04. The molecule has 16 heavy (non-hydrogen) atoms. The molecule has 2 rings (SSSR count). The van der Waals surface area contributed by atoms with E-state index in [0.29, 0.717) is 6.04 Å². The molecule has 1 fully saturated rings. The molecule has 0 bridgehead atoms. The molecule has 1 saturated heterocycles. The topological polar surface area (TPSA) is 54.2 Å². The van der Waals surface area contributed by atoms with Gasteiger partial charge in [0.15, 0.2) is 5.82 Å². The third kappa shape index (κ3) is 3.28. The maximum atomic E-state index is 4.72. The number of nitrogens with zero attached hydrogens (tertiary/aromatic N) is 3. The Bertz CT molecular complexity index is 286. The van der Waals surface area contributed by atoms with Crippen molar-refractivity contribution >= 4 is 0 Å². The van der Waals surface area contributed by atoms with Crippen molar-refractivity contribution in [3.63, 3.8) is 0 Å². The summed E-state index contributed by atoms with van der Waals surface area (Å²) in [5.74, 6) is 0.811. The molecular weight excluding hydrogens is 204 g/mol. The fourth-order valence-corrected chi connectivity index (χ4v) is 2.20. The summed E-state index contributed by atoms with van der Waals surface area (Å²) in [6.45, 7) is 6.63. The molecule has 0 aliphatic carbocycles. The van der Waals surface area contributed by atoms with Crippen LogP contribution >= 0.6 is 0 Å². The fraction of sp³-hybridized carbons (Fsp3) is 0.818. The maximum Gasteiger partial charge on any atom is 0.213 e. The SMILES string of the molecule is CCCC1CN(CCc2ncon2)CCN1. The first-order valence-corrected chi connectivity index (χ1v) is 6.09. The number of aromatic nitrogens is 2. The summed E-state index contributed by atoms with van der Waals surface area (Å²) in [6.07, 6.45) is 4.79. The molecule has 0 amide bonds. The molecule has 1 aromatic heterocycles. The maximum absolute atomic E-state index is 4.72. The second-order valence-electron chi connectivity index (χ2n) is 4.34. The predicted molar refractivity (Wildman–Crippen MR) is 61.1 cm³/mol. The van der Waals surface area contributed by atoms with Crippen molar-refractivity contribution in [2.24, 2.45) is 0 Å². The van der Waals surface area contributed by atoms with Crippen LogP contribution in [0.2, 0.25) is 0 Å². The highest BCUT2D eigenvalue weighted by Crippen LogP contribution is 2.05. The van der Waals surface area contributed by atoms with Gasteiger partial charge in [-0.25, -0.2) is 0 Å². The van der Waals surface area contributed by atoms with E-state index in [1.165, 1.54) is 19.2 Å². The first-order chi connectivity index (χ1) is 7.88. The first kappa shape index (κ1) is 11.5. The third-order valence-electron chi connectivity index (χ3n) is 3.04. The Morgan fingerprint density at radius 1 is 1.62 bits per heavy atom. The van der Waals surface area contributed by atoms with Gasteiger partial charge in [0.1, 0.15) is 0 Å². The van der Waals surface area contributed by atoms with Gasteiger partial charge in [0.05, 0.1) is 0 Å². The Balaban J connectivity index is 1.72. The average Bonchev–Trinajstić information content (AvgIpc) is 2.80. The van der Waals surface area contributed by atoms with Crippen molar-refractivity contribution in [1.29, 1.82) is 0 Å². The molecule has 90 valence electrons. The smallest absolute Gasteiger partial charge is 0.213 e. The van der Waals surface area contributed by atoms with Crippen molar-refractivity contribution in [2.45, 2.75) is 32.2 Å².